The molecule has 1 spiro atoms. The molecule has 0 radical (unpaired) electrons. The smallest absolute Gasteiger partial charge is 0.272 e. The fraction of sp³-hybridized carbons (Fsp3) is 0.517. The van der Waals surface area contributed by atoms with E-state index in [1.54, 1.807) is 68.9 Å². The quantitative estimate of drug-likeness (QED) is 0.299. The van der Waals surface area contributed by atoms with Gasteiger partial charge in [-0.3, -0.25) is 14.3 Å². The van der Waals surface area contributed by atoms with Crippen molar-refractivity contribution in [2.45, 2.75) is 83.3 Å². The van der Waals surface area contributed by atoms with Crippen molar-refractivity contribution >= 4 is 22.7 Å². The molecule has 2 aromatic heterocycles. The topological polar surface area (TPSA) is 162 Å². The number of rotatable bonds is 10. The SMILES string of the molecule is CC(C)(O)COc1ccc2c(C(=O)NC3CC4(C3)CC(Oc3ncccc3C(N)=O)C4)nn(CC(C)(C)O)c2c1. The lowest BCUT2D eigenvalue weighted by Gasteiger charge is -2.57. The minimum atomic E-state index is -1.05. The highest BCUT2D eigenvalue weighted by atomic mass is 16.5. The number of nitrogens with zero attached hydrogens (tertiary/aromatic N) is 3. The van der Waals surface area contributed by atoms with E-state index >= 15 is 0 Å². The fourth-order valence-corrected chi connectivity index (χ4v) is 5.65. The average molecular weight is 552 g/mol. The summed E-state index contributed by atoms with van der Waals surface area (Å²) in [7, 11) is 0. The predicted octanol–water partition coefficient (Wildman–Crippen LogP) is 2.57. The number of primary amides is 1. The molecule has 0 aliphatic heterocycles. The predicted molar refractivity (Wildman–Crippen MR) is 147 cm³/mol. The number of ether oxygens (including phenoxy) is 2. The van der Waals surface area contributed by atoms with E-state index in [0.717, 1.165) is 25.7 Å². The van der Waals surface area contributed by atoms with Crippen LogP contribution < -0.4 is 20.5 Å². The Labute approximate surface area is 232 Å². The molecular weight excluding hydrogens is 514 g/mol. The zero-order valence-corrected chi connectivity index (χ0v) is 23.3. The molecule has 214 valence electrons. The number of benzene rings is 1. The molecule has 2 heterocycles. The van der Waals surface area contributed by atoms with E-state index in [1.165, 1.54) is 0 Å². The summed E-state index contributed by atoms with van der Waals surface area (Å²) in [5.74, 6) is -0.0360. The van der Waals surface area contributed by atoms with Crippen LogP contribution in [0.4, 0.5) is 0 Å². The van der Waals surface area contributed by atoms with E-state index in [0.29, 0.717) is 16.7 Å². The van der Waals surface area contributed by atoms with Crippen molar-refractivity contribution in [2.24, 2.45) is 11.1 Å². The van der Waals surface area contributed by atoms with Crippen LogP contribution in [0.5, 0.6) is 11.6 Å². The molecule has 40 heavy (non-hydrogen) atoms. The average Bonchev–Trinajstić information content (AvgIpc) is 3.16. The first-order chi connectivity index (χ1) is 18.7. The van der Waals surface area contributed by atoms with Crippen molar-refractivity contribution in [1.29, 1.82) is 0 Å². The molecule has 3 aromatic rings. The molecule has 0 bridgehead atoms. The maximum absolute atomic E-state index is 13.3. The Morgan fingerprint density at radius 1 is 1.12 bits per heavy atom. The maximum Gasteiger partial charge on any atom is 0.272 e. The third kappa shape index (κ3) is 6.05. The number of aliphatic hydroxyl groups is 2. The number of nitrogens with one attached hydrogen (secondary N) is 1. The van der Waals surface area contributed by atoms with Crippen molar-refractivity contribution in [3.05, 3.63) is 47.8 Å². The molecule has 2 fully saturated rings. The Morgan fingerprint density at radius 3 is 2.50 bits per heavy atom. The van der Waals surface area contributed by atoms with Gasteiger partial charge in [-0.05, 0) is 83.1 Å². The van der Waals surface area contributed by atoms with Gasteiger partial charge in [-0.15, -0.1) is 0 Å². The minimum Gasteiger partial charge on any atom is -0.491 e. The highest BCUT2D eigenvalue weighted by molar-refractivity contribution is 6.05. The van der Waals surface area contributed by atoms with Crippen molar-refractivity contribution in [1.82, 2.24) is 20.1 Å². The van der Waals surface area contributed by atoms with Gasteiger partial charge < -0.3 is 30.7 Å². The summed E-state index contributed by atoms with van der Waals surface area (Å²) in [4.78, 5) is 29.1. The Hall–Kier alpha value is -3.70. The van der Waals surface area contributed by atoms with Crippen LogP contribution in [0.25, 0.3) is 10.9 Å². The van der Waals surface area contributed by atoms with E-state index in [2.05, 4.69) is 15.4 Å². The molecule has 1 aromatic carbocycles. The first kappa shape index (κ1) is 27.9. The van der Waals surface area contributed by atoms with Gasteiger partial charge in [0.1, 0.15) is 24.0 Å². The van der Waals surface area contributed by atoms with Gasteiger partial charge in [-0.2, -0.15) is 5.10 Å². The molecule has 11 heteroatoms. The van der Waals surface area contributed by atoms with Gasteiger partial charge in [0, 0.05) is 23.7 Å². The summed E-state index contributed by atoms with van der Waals surface area (Å²) in [6.45, 7) is 6.98. The van der Waals surface area contributed by atoms with Crippen LogP contribution in [0.3, 0.4) is 0 Å². The van der Waals surface area contributed by atoms with Gasteiger partial charge in [0.25, 0.3) is 11.8 Å². The molecule has 5 N–H and O–H groups in total. The first-order valence-electron chi connectivity index (χ1n) is 13.5. The van der Waals surface area contributed by atoms with Crippen LogP contribution in [-0.4, -0.2) is 66.7 Å². The number of hydrogen-bond acceptors (Lipinski definition) is 8. The summed E-state index contributed by atoms with van der Waals surface area (Å²) in [5.41, 5.74) is 4.71. The highest BCUT2D eigenvalue weighted by Gasteiger charge is 2.54. The third-order valence-electron chi connectivity index (χ3n) is 7.40. The first-order valence-corrected chi connectivity index (χ1v) is 13.5. The van der Waals surface area contributed by atoms with Crippen molar-refractivity contribution in [2.75, 3.05) is 6.61 Å². The molecule has 2 saturated carbocycles. The van der Waals surface area contributed by atoms with Crippen LogP contribution in [0.2, 0.25) is 0 Å². The van der Waals surface area contributed by atoms with Gasteiger partial charge >= 0.3 is 0 Å². The maximum atomic E-state index is 13.3. The highest BCUT2D eigenvalue weighted by Crippen LogP contribution is 2.56. The van der Waals surface area contributed by atoms with Crippen LogP contribution in [0.15, 0.2) is 36.5 Å². The number of aromatic nitrogens is 3. The van der Waals surface area contributed by atoms with Gasteiger partial charge in [0.05, 0.1) is 23.3 Å². The van der Waals surface area contributed by atoms with E-state index in [-0.39, 0.29) is 53.8 Å². The molecule has 0 saturated heterocycles. The monoisotopic (exact) mass is 551 g/mol. The van der Waals surface area contributed by atoms with Gasteiger partial charge in [-0.25, -0.2) is 4.98 Å². The Morgan fingerprint density at radius 2 is 1.85 bits per heavy atom. The summed E-state index contributed by atoms with van der Waals surface area (Å²) in [6, 6.07) is 8.58. The van der Waals surface area contributed by atoms with Gasteiger partial charge in [0.15, 0.2) is 5.69 Å². The summed E-state index contributed by atoms with van der Waals surface area (Å²) in [6.07, 6.45) is 4.84. The zero-order valence-electron chi connectivity index (χ0n) is 23.3. The normalized spacial score (nSPS) is 22.4. The Kier molecular flexibility index (Phi) is 6.99. The van der Waals surface area contributed by atoms with Crippen molar-refractivity contribution in [3.8, 4) is 11.6 Å². The van der Waals surface area contributed by atoms with Crippen LogP contribution in [0, 0.1) is 5.41 Å². The Bertz CT molecular complexity index is 1420. The molecule has 11 nitrogen and oxygen atoms in total. The second kappa shape index (κ2) is 10.0. The number of fused-ring (bicyclic) bond motifs is 1. The van der Waals surface area contributed by atoms with Crippen LogP contribution in [0.1, 0.15) is 74.2 Å². The lowest BCUT2D eigenvalue weighted by molar-refractivity contribution is -0.0848. The fourth-order valence-electron chi connectivity index (χ4n) is 5.65. The summed E-state index contributed by atoms with van der Waals surface area (Å²) < 4.78 is 13.3. The van der Waals surface area contributed by atoms with Gasteiger partial charge in [-0.1, -0.05) is 0 Å². The number of carbonyl (C=O) groups is 2. The third-order valence-corrected chi connectivity index (χ3v) is 7.40. The van der Waals surface area contributed by atoms with Crippen LogP contribution in [-0.2, 0) is 6.54 Å². The number of amides is 2. The number of hydrogen-bond donors (Lipinski definition) is 4. The molecule has 5 rings (SSSR count). The molecular formula is C29H37N5O6. The van der Waals surface area contributed by atoms with E-state index < -0.39 is 17.1 Å². The number of carbonyl (C=O) groups excluding carboxylic acids is 2. The molecule has 2 aliphatic carbocycles. The molecule has 0 atom stereocenters. The van der Waals surface area contributed by atoms with Gasteiger partial charge in [0.2, 0.25) is 5.88 Å². The summed E-state index contributed by atoms with van der Waals surface area (Å²) >= 11 is 0. The van der Waals surface area contributed by atoms with Crippen molar-refractivity contribution < 1.29 is 29.3 Å². The second-order valence-electron chi connectivity index (χ2n) is 12.5. The van der Waals surface area contributed by atoms with E-state index in [1.807, 2.05) is 0 Å². The Balaban J connectivity index is 1.22. The van der Waals surface area contributed by atoms with Crippen LogP contribution >= 0.6 is 0 Å². The largest absolute Gasteiger partial charge is 0.491 e. The van der Waals surface area contributed by atoms with E-state index in [9.17, 15) is 19.8 Å². The van der Waals surface area contributed by atoms with Crippen molar-refractivity contribution in [3.63, 3.8) is 0 Å². The lowest BCUT2D eigenvalue weighted by atomic mass is 9.53. The second-order valence-corrected chi connectivity index (χ2v) is 12.5. The van der Waals surface area contributed by atoms with E-state index in [4.69, 9.17) is 15.2 Å². The molecule has 2 aliphatic rings. The minimum absolute atomic E-state index is 0.0216. The standard InChI is InChI=1S/C29H37N5O6/c1-27(2,37)15-34-22-10-18(39-16-28(3,4)38)7-8-20(22)23(33-34)25(36)32-17-11-29(12-17)13-19(14-29)40-26-21(24(30)35)6-5-9-31-26/h5-10,17,19,37-38H,11-16H2,1-4H3,(H2,30,35)(H,32,36). The molecule has 0 unspecified atom stereocenters. The lowest BCUT2D eigenvalue weighted by Crippen LogP contribution is -2.58. The molecule has 2 amide bonds. The number of pyridine rings is 1. The zero-order chi connectivity index (χ0) is 28.9. The number of nitrogens with two attached hydrogens (primary N) is 1. The summed E-state index contributed by atoms with van der Waals surface area (Å²) in [5, 5.41) is 28.8.